The molecule has 2 aromatic rings. The summed E-state index contributed by atoms with van der Waals surface area (Å²) in [6, 6.07) is 2.26. The Hall–Kier alpha value is -1.94. The van der Waals surface area contributed by atoms with Gasteiger partial charge in [0.15, 0.2) is 11.5 Å². The van der Waals surface area contributed by atoms with Gasteiger partial charge in [-0.25, -0.2) is 19.2 Å². The average molecular weight is 785 g/mol. The first kappa shape index (κ1) is 38.9. The van der Waals surface area contributed by atoms with E-state index >= 15 is 0 Å². The monoisotopic (exact) mass is 782 g/mol. The first-order valence-electron chi connectivity index (χ1n) is 15.8. The molecule has 2 fully saturated rings. The molecule has 0 bridgehead atoms. The van der Waals surface area contributed by atoms with Crippen LogP contribution in [0.3, 0.4) is 0 Å². The predicted octanol–water partition coefficient (Wildman–Crippen LogP) is 11.2. The van der Waals surface area contributed by atoms with Gasteiger partial charge in [-0.1, -0.05) is 109 Å². The van der Waals surface area contributed by atoms with E-state index in [-0.39, 0.29) is 43.3 Å². The Kier molecular flexibility index (Phi) is 13.6. The van der Waals surface area contributed by atoms with E-state index in [2.05, 4.69) is 13.8 Å². The first-order chi connectivity index (χ1) is 22.6. The van der Waals surface area contributed by atoms with Crippen LogP contribution in [0.1, 0.15) is 112 Å². The zero-order chi connectivity index (χ0) is 35.2. The lowest BCUT2D eigenvalue weighted by Crippen LogP contribution is -2.27. The molecule has 0 heterocycles. The molecule has 8 nitrogen and oxygen atoms in total. The Bertz CT molecular complexity index is 1450. The molecule has 4 rings (SSSR count). The summed E-state index contributed by atoms with van der Waals surface area (Å²) in [6.07, 6.45) is 12.1. The van der Waals surface area contributed by atoms with Crippen molar-refractivity contribution in [3.8, 4) is 11.5 Å². The maximum absolute atomic E-state index is 13.0. The third kappa shape index (κ3) is 10.5. The lowest BCUT2D eigenvalue weighted by molar-refractivity contribution is -0.156. The highest BCUT2D eigenvalue weighted by Crippen LogP contribution is 2.50. The van der Waals surface area contributed by atoms with Crippen molar-refractivity contribution < 1.29 is 38.1 Å². The van der Waals surface area contributed by atoms with Gasteiger partial charge in [-0.15, -0.1) is 0 Å². The average Bonchev–Trinajstić information content (AvgIpc) is 3.96. The van der Waals surface area contributed by atoms with E-state index in [1.54, 1.807) is 0 Å². The predicted molar refractivity (Wildman–Crippen MR) is 186 cm³/mol. The van der Waals surface area contributed by atoms with Crippen LogP contribution in [0.4, 0.5) is 0 Å². The van der Waals surface area contributed by atoms with E-state index in [1.165, 1.54) is 25.7 Å². The minimum Gasteiger partial charge on any atom is -0.462 e. The molecule has 2 aliphatic rings. The highest BCUT2D eigenvalue weighted by molar-refractivity contribution is 6.47. The number of carbonyl (C=O) groups excluding carboxylic acids is 4. The van der Waals surface area contributed by atoms with Crippen LogP contribution in [-0.2, 0) is 19.1 Å². The van der Waals surface area contributed by atoms with Gasteiger partial charge >= 0.3 is 23.9 Å². The molecule has 0 aliphatic heterocycles. The summed E-state index contributed by atoms with van der Waals surface area (Å²) in [5, 5.41) is -1.45. The zero-order valence-electron chi connectivity index (χ0n) is 26.6. The first-order valence-corrected chi connectivity index (χ1v) is 18.0. The maximum atomic E-state index is 13.0. The molecule has 0 radical (unpaired) electrons. The van der Waals surface area contributed by atoms with Crippen molar-refractivity contribution >= 4 is 93.5 Å². The lowest BCUT2D eigenvalue weighted by Gasteiger charge is -2.16. The van der Waals surface area contributed by atoms with Crippen LogP contribution in [0.2, 0.25) is 30.1 Å². The number of benzene rings is 2. The van der Waals surface area contributed by atoms with Gasteiger partial charge in [0, 0.05) is 0 Å². The van der Waals surface area contributed by atoms with E-state index in [0.29, 0.717) is 23.7 Å². The van der Waals surface area contributed by atoms with E-state index in [4.69, 9.17) is 88.6 Å². The SMILES string of the molecule is CC1(CCCCCOC(=O)c2c(Cl)c(Cl)cc(Cl)c2OC(=O)C(=O)Oc2c(Cl)cc(Cl)c(Cl)c2C(=O)OCCCCCC2(C)CC2)CC1. The van der Waals surface area contributed by atoms with Crippen LogP contribution < -0.4 is 9.47 Å². The second-order valence-electron chi connectivity index (χ2n) is 13.0. The minimum absolute atomic E-state index is 0.0690. The third-order valence-corrected chi connectivity index (χ3v) is 10.9. The number of esters is 4. The molecule has 2 aromatic carbocycles. The Morgan fingerprint density at radius 1 is 0.562 bits per heavy atom. The van der Waals surface area contributed by atoms with Crippen LogP contribution in [0.5, 0.6) is 11.5 Å². The summed E-state index contributed by atoms with van der Waals surface area (Å²) in [6.45, 7) is 4.64. The highest BCUT2D eigenvalue weighted by atomic mass is 35.5. The lowest BCUT2D eigenvalue weighted by atomic mass is 10.0. The van der Waals surface area contributed by atoms with Gasteiger partial charge in [-0.3, -0.25) is 0 Å². The number of hydrogen-bond acceptors (Lipinski definition) is 8. The molecule has 0 spiro atoms. The highest BCUT2D eigenvalue weighted by Gasteiger charge is 2.37. The molecule has 48 heavy (non-hydrogen) atoms. The Morgan fingerprint density at radius 3 is 1.25 bits per heavy atom. The summed E-state index contributed by atoms with van der Waals surface area (Å²) >= 11 is 37.3. The second kappa shape index (κ2) is 16.8. The largest absolute Gasteiger partial charge is 0.462 e. The molecular formula is C34H36Cl6O8. The van der Waals surface area contributed by atoms with Gasteiger partial charge in [0.1, 0.15) is 11.1 Å². The van der Waals surface area contributed by atoms with E-state index < -0.39 is 46.5 Å². The molecule has 0 saturated heterocycles. The fraction of sp³-hybridized carbons (Fsp3) is 0.529. The molecule has 2 saturated carbocycles. The number of halogens is 6. The summed E-state index contributed by atoms with van der Waals surface area (Å²) in [7, 11) is 0. The zero-order valence-corrected chi connectivity index (χ0v) is 31.1. The minimum atomic E-state index is -1.64. The summed E-state index contributed by atoms with van der Waals surface area (Å²) in [5.74, 6) is -6.35. The molecule has 0 unspecified atom stereocenters. The van der Waals surface area contributed by atoms with E-state index in [1.807, 2.05) is 0 Å². The molecule has 0 N–H and O–H groups in total. The molecular weight excluding hydrogens is 749 g/mol. The van der Waals surface area contributed by atoms with Crippen molar-refractivity contribution in [3.05, 3.63) is 53.4 Å². The Balaban J connectivity index is 1.40. The number of rotatable bonds is 16. The Morgan fingerprint density at radius 2 is 0.917 bits per heavy atom. The number of carbonyl (C=O) groups is 4. The fourth-order valence-electron chi connectivity index (χ4n) is 5.05. The van der Waals surface area contributed by atoms with Gasteiger partial charge in [0.25, 0.3) is 0 Å². The molecule has 262 valence electrons. The summed E-state index contributed by atoms with van der Waals surface area (Å²) in [5.41, 5.74) is -0.0387. The van der Waals surface area contributed by atoms with E-state index in [9.17, 15) is 19.2 Å². The number of hydrogen-bond donors (Lipinski definition) is 0. The standard InChI is InChI=1S/C34H36Cl6O8/c1-33(11-12-33)9-5-3-7-15-45-29(41)23-25(39)19(35)17-21(37)27(23)47-31(43)32(44)48-28-22(38)18-20(36)26(40)24(28)30(42)46-16-8-4-6-10-34(2)13-14-34/h17-18H,3-16H2,1-2H3. The van der Waals surface area contributed by atoms with Crippen LogP contribution >= 0.6 is 69.6 Å². The van der Waals surface area contributed by atoms with E-state index in [0.717, 1.165) is 50.7 Å². The fourth-order valence-corrected chi connectivity index (χ4v) is 6.49. The van der Waals surface area contributed by atoms with Crippen LogP contribution in [0.25, 0.3) is 0 Å². The van der Waals surface area contributed by atoms with Crippen molar-refractivity contribution in [2.24, 2.45) is 10.8 Å². The normalized spacial score (nSPS) is 15.4. The topological polar surface area (TPSA) is 105 Å². The van der Waals surface area contributed by atoms with Gasteiger partial charge < -0.3 is 18.9 Å². The van der Waals surface area contributed by atoms with Gasteiger partial charge in [-0.2, -0.15) is 0 Å². The van der Waals surface area contributed by atoms with Crippen LogP contribution in [0.15, 0.2) is 12.1 Å². The van der Waals surface area contributed by atoms with Gasteiger partial charge in [-0.05, 0) is 74.3 Å². The second-order valence-corrected chi connectivity index (χ2v) is 15.4. The Labute approximate surface area is 309 Å². The van der Waals surface area contributed by atoms with Crippen molar-refractivity contribution in [2.45, 2.75) is 90.9 Å². The molecule has 0 amide bonds. The number of ether oxygens (including phenoxy) is 4. The summed E-state index contributed by atoms with van der Waals surface area (Å²) < 4.78 is 21.1. The number of unbranched alkanes of at least 4 members (excludes halogenated alkanes) is 4. The van der Waals surface area contributed by atoms with Crippen LogP contribution in [0, 0.1) is 10.8 Å². The van der Waals surface area contributed by atoms with Crippen molar-refractivity contribution in [1.29, 1.82) is 0 Å². The molecule has 0 aromatic heterocycles. The van der Waals surface area contributed by atoms with Gasteiger partial charge in [0.2, 0.25) is 0 Å². The van der Waals surface area contributed by atoms with Crippen molar-refractivity contribution in [1.82, 2.24) is 0 Å². The molecule has 14 heteroatoms. The molecule has 2 aliphatic carbocycles. The maximum Gasteiger partial charge on any atom is 0.423 e. The van der Waals surface area contributed by atoms with Crippen LogP contribution in [-0.4, -0.2) is 37.1 Å². The summed E-state index contributed by atoms with van der Waals surface area (Å²) in [4.78, 5) is 52.0. The third-order valence-electron chi connectivity index (χ3n) is 8.74. The van der Waals surface area contributed by atoms with Gasteiger partial charge in [0.05, 0.1) is 43.3 Å². The molecule has 0 atom stereocenters. The quantitative estimate of drug-likeness (QED) is 0.0545. The smallest absolute Gasteiger partial charge is 0.423 e. The van der Waals surface area contributed by atoms with Crippen molar-refractivity contribution in [2.75, 3.05) is 13.2 Å². The van der Waals surface area contributed by atoms with Crippen molar-refractivity contribution in [3.63, 3.8) is 0 Å².